The standard InChI is InChI=1S/C8H10N2O/c1-9-8-4-2-3-7(5-8)6-10-11/h2-6,9,11H,1H3/b10-6-. The van der Waals surface area contributed by atoms with Crippen molar-refractivity contribution in [2.24, 2.45) is 5.16 Å². The number of nitrogens with zero attached hydrogens (tertiary/aromatic N) is 1. The van der Waals surface area contributed by atoms with E-state index in [-0.39, 0.29) is 0 Å². The highest BCUT2D eigenvalue weighted by atomic mass is 16.4. The van der Waals surface area contributed by atoms with Crippen LogP contribution in [0.25, 0.3) is 0 Å². The lowest BCUT2D eigenvalue weighted by Crippen LogP contribution is -1.88. The van der Waals surface area contributed by atoms with Crippen LogP contribution in [-0.4, -0.2) is 18.5 Å². The van der Waals surface area contributed by atoms with E-state index in [4.69, 9.17) is 5.21 Å². The quantitative estimate of drug-likeness (QED) is 0.381. The van der Waals surface area contributed by atoms with Crippen molar-refractivity contribution in [3.05, 3.63) is 29.8 Å². The van der Waals surface area contributed by atoms with Gasteiger partial charge in [-0.15, -0.1) is 0 Å². The Bertz CT molecular complexity index is 258. The molecule has 0 bridgehead atoms. The van der Waals surface area contributed by atoms with Gasteiger partial charge in [0.1, 0.15) is 0 Å². The molecule has 0 unspecified atom stereocenters. The monoisotopic (exact) mass is 150 g/mol. The summed E-state index contributed by atoms with van der Waals surface area (Å²) < 4.78 is 0. The zero-order chi connectivity index (χ0) is 8.10. The molecule has 0 atom stereocenters. The van der Waals surface area contributed by atoms with Crippen LogP contribution in [0.5, 0.6) is 0 Å². The number of nitrogens with one attached hydrogen (secondary N) is 1. The van der Waals surface area contributed by atoms with Crippen LogP contribution in [-0.2, 0) is 0 Å². The maximum absolute atomic E-state index is 8.23. The fraction of sp³-hybridized carbons (Fsp3) is 0.125. The van der Waals surface area contributed by atoms with Gasteiger partial charge in [-0.2, -0.15) is 0 Å². The van der Waals surface area contributed by atoms with Gasteiger partial charge in [0.2, 0.25) is 0 Å². The molecule has 58 valence electrons. The Labute approximate surface area is 65.4 Å². The summed E-state index contributed by atoms with van der Waals surface area (Å²) in [5.41, 5.74) is 1.88. The maximum atomic E-state index is 8.23. The van der Waals surface area contributed by atoms with Crippen molar-refractivity contribution in [1.29, 1.82) is 0 Å². The molecule has 0 aliphatic heterocycles. The first-order valence-electron chi connectivity index (χ1n) is 3.32. The van der Waals surface area contributed by atoms with E-state index >= 15 is 0 Å². The van der Waals surface area contributed by atoms with Crippen molar-refractivity contribution in [3.63, 3.8) is 0 Å². The number of hydrogen-bond acceptors (Lipinski definition) is 3. The lowest BCUT2D eigenvalue weighted by Gasteiger charge is -1.98. The molecule has 0 aliphatic carbocycles. The summed E-state index contributed by atoms with van der Waals surface area (Å²) in [4.78, 5) is 0. The van der Waals surface area contributed by atoms with Crippen molar-refractivity contribution < 1.29 is 5.21 Å². The summed E-state index contributed by atoms with van der Waals surface area (Å²) in [6, 6.07) is 7.58. The van der Waals surface area contributed by atoms with Crippen LogP contribution in [0.1, 0.15) is 5.56 Å². The highest BCUT2D eigenvalue weighted by molar-refractivity contribution is 5.80. The van der Waals surface area contributed by atoms with Gasteiger partial charge in [0.25, 0.3) is 0 Å². The minimum atomic E-state index is 0.874. The van der Waals surface area contributed by atoms with Crippen LogP contribution in [0, 0.1) is 0 Å². The van der Waals surface area contributed by atoms with E-state index < -0.39 is 0 Å². The second-order valence-corrected chi connectivity index (χ2v) is 2.12. The lowest BCUT2D eigenvalue weighted by atomic mass is 10.2. The van der Waals surface area contributed by atoms with Crippen LogP contribution in [0.3, 0.4) is 0 Å². The molecule has 0 saturated carbocycles. The third-order valence-corrected chi connectivity index (χ3v) is 1.38. The predicted octanol–water partition coefficient (Wildman–Crippen LogP) is 1.54. The Kier molecular flexibility index (Phi) is 2.49. The van der Waals surface area contributed by atoms with E-state index in [0.29, 0.717) is 0 Å². The zero-order valence-corrected chi connectivity index (χ0v) is 6.28. The highest BCUT2D eigenvalue weighted by Crippen LogP contribution is 2.07. The molecule has 0 aliphatic rings. The minimum Gasteiger partial charge on any atom is -0.411 e. The van der Waals surface area contributed by atoms with Crippen LogP contribution in [0.2, 0.25) is 0 Å². The summed E-state index contributed by atoms with van der Waals surface area (Å²) in [6.45, 7) is 0. The number of oxime groups is 1. The predicted molar refractivity (Wildman–Crippen MR) is 45.4 cm³/mol. The fourth-order valence-electron chi connectivity index (χ4n) is 0.841. The van der Waals surface area contributed by atoms with E-state index in [1.807, 2.05) is 31.3 Å². The highest BCUT2D eigenvalue weighted by Gasteiger charge is 1.89. The normalized spacial score (nSPS) is 10.3. The first-order chi connectivity index (χ1) is 5.36. The third-order valence-electron chi connectivity index (χ3n) is 1.38. The largest absolute Gasteiger partial charge is 0.411 e. The van der Waals surface area contributed by atoms with Crippen LogP contribution in [0.15, 0.2) is 29.4 Å². The molecule has 0 spiro atoms. The number of benzene rings is 1. The van der Waals surface area contributed by atoms with E-state index in [1.165, 1.54) is 6.21 Å². The molecule has 1 rings (SSSR count). The average Bonchev–Trinajstić information content (AvgIpc) is 2.06. The smallest absolute Gasteiger partial charge is 0.0734 e. The second-order valence-electron chi connectivity index (χ2n) is 2.12. The van der Waals surface area contributed by atoms with Gasteiger partial charge in [-0.3, -0.25) is 0 Å². The van der Waals surface area contributed by atoms with E-state index in [2.05, 4.69) is 10.5 Å². The molecule has 3 nitrogen and oxygen atoms in total. The Morgan fingerprint density at radius 1 is 1.55 bits per heavy atom. The molecule has 0 heterocycles. The summed E-state index contributed by atoms with van der Waals surface area (Å²) >= 11 is 0. The molecule has 3 heteroatoms. The first-order valence-corrected chi connectivity index (χ1v) is 3.32. The second kappa shape index (κ2) is 3.61. The van der Waals surface area contributed by atoms with Crippen molar-refractivity contribution in [2.45, 2.75) is 0 Å². The van der Waals surface area contributed by atoms with Crippen molar-refractivity contribution in [2.75, 3.05) is 12.4 Å². The lowest BCUT2D eigenvalue weighted by molar-refractivity contribution is 0.322. The number of anilines is 1. The molecule has 11 heavy (non-hydrogen) atoms. The molecule has 0 saturated heterocycles. The summed E-state index contributed by atoms with van der Waals surface area (Å²) in [7, 11) is 1.84. The molecule has 0 radical (unpaired) electrons. The molecule has 0 fully saturated rings. The number of rotatable bonds is 2. The topological polar surface area (TPSA) is 44.6 Å². The number of hydrogen-bond donors (Lipinski definition) is 2. The Hall–Kier alpha value is -1.51. The minimum absolute atomic E-state index is 0.874. The zero-order valence-electron chi connectivity index (χ0n) is 6.28. The van der Waals surface area contributed by atoms with E-state index in [9.17, 15) is 0 Å². The third kappa shape index (κ3) is 1.97. The molecule has 1 aromatic rings. The average molecular weight is 150 g/mol. The van der Waals surface area contributed by atoms with Gasteiger partial charge in [0, 0.05) is 12.7 Å². The molecule has 0 aromatic heterocycles. The molecule has 1 aromatic carbocycles. The van der Waals surface area contributed by atoms with Gasteiger partial charge in [0.05, 0.1) is 6.21 Å². The van der Waals surface area contributed by atoms with Crippen molar-refractivity contribution in [3.8, 4) is 0 Å². The van der Waals surface area contributed by atoms with Crippen LogP contribution >= 0.6 is 0 Å². The van der Waals surface area contributed by atoms with Gasteiger partial charge in [-0.25, -0.2) is 0 Å². The van der Waals surface area contributed by atoms with Crippen molar-refractivity contribution in [1.82, 2.24) is 0 Å². The Morgan fingerprint density at radius 2 is 2.36 bits per heavy atom. The fourth-order valence-corrected chi connectivity index (χ4v) is 0.841. The molecular formula is C8H10N2O. The summed E-state index contributed by atoms with van der Waals surface area (Å²) in [5.74, 6) is 0. The van der Waals surface area contributed by atoms with Gasteiger partial charge in [-0.05, 0) is 17.7 Å². The SMILES string of the molecule is CNc1cccc(/C=N\O)c1. The Balaban J connectivity index is 2.91. The summed E-state index contributed by atoms with van der Waals surface area (Å²) in [5, 5.41) is 14.1. The maximum Gasteiger partial charge on any atom is 0.0734 e. The molecular weight excluding hydrogens is 140 g/mol. The first kappa shape index (κ1) is 7.60. The van der Waals surface area contributed by atoms with Gasteiger partial charge in [-0.1, -0.05) is 17.3 Å². The van der Waals surface area contributed by atoms with Gasteiger partial charge < -0.3 is 10.5 Å². The van der Waals surface area contributed by atoms with Crippen LogP contribution < -0.4 is 5.32 Å². The van der Waals surface area contributed by atoms with E-state index in [0.717, 1.165) is 11.3 Å². The van der Waals surface area contributed by atoms with Crippen LogP contribution in [0.4, 0.5) is 5.69 Å². The van der Waals surface area contributed by atoms with Crippen molar-refractivity contribution >= 4 is 11.9 Å². The van der Waals surface area contributed by atoms with Gasteiger partial charge in [0.15, 0.2) is 0 Å². The van der Waals surface area contributed by atoms with E-state index in [1.54, 1.807) is 0 Å². The van der Waals surface area contributed by atoms with Gasteiger partial charge >= 0.3 is 0 Å². The molecule has 2 N–H and O–H groups in total. The summed E-state index contributed by atoms with van der Waals surface area (Å²) in [6.07, 6.45) is 1.39. The Morgan fingerprint density at radius 3 is 3.00 bits per heavy atom. The molecule has 0 amide bonds.